The predicted molar refractivity (Wildman–Crippen MR) is 60.4 cm³/mol. The first-order chi connectivity index (χ1) is 7.68. The van der Waals surface area contributed by atoms with Gasteiger partial charge in [0.05, 0.1) is 5.38 Å². The van der Waals surface area contributed by atoms with Crippen LogP contribution in [0.1, 0.15) is 5.56 Å². The summed E-state index contributed by atoms with van der Waals surface area (Å²) >= 11 is 1.01. The molecule has 0 spiro atoms. The van der Waals surface area contributed by atoms with Gasteiger partial charge in [-0.1, -0.05) is 34.8 Å². The number of nitrogens with zero attached hydrogens (tertiary/aromatic N) is 2. The molecule has 2 aromatic rings. The molecule has 2 rings (SSSR count). The van der Waals surface area contributed by atoms with E-state index in [0.717, 1.165) is 17.1 Å². The van der Waals surface area contributed by atoms with Crippen molar-refractivity contribution in [3.63, 3.8) is 0 Å². The van der Waals surface area contributed by atoms with Gasteiger partial charge in [-0.15, -0.1) is 5.10 Å². The molecule has 0 aliphatic carbocycles. The summed E-state index contributed by atoms with van der Waals surface area (Å²) in [6.07, 6.45) is 0. The summed E-state index contributed by atoms with van der Waals surface area (Å²) in [5.74, 6) is 0. The second kappa shape index (κ2) is 4.69. The third-order valence-electron chi connectivity index (χ3n) is 1.92. The lowest BCUT2D eigenvalue weighted by Gasteiger charge is -2.03. The molecule has 0 aliphatic heterocycles. The lowest BCUT2D eigenvalue weighted by molar-refractivity contribution is 0.577. The van der Waals surface area contributed by atoms with Gasteiger partial charge in [-0.3, -0.25) is 0 Å². The number of nitrogens with one attached hydrogen (secondary N) is 1. The van der Waals surface area contributed by atoms with Gasteiger partial charge >= 0.3 is 0 Å². The fourth-order valence-corrected chi connectivity index (χ4v) is 2.78. The maximum Gasteiger partial charge on any atom is 0.261 e. The van der Waals surface area contributed by atoms with Gasteiger partial charge in [0.1, 0.15) is 0 Å². The Kier molecular flexibility index (Phi) is 3.28. The number of aromatic nitrogens is 2. The number of rotatable bonds is 4. The molecule has 1 aromatic heterocycles. The largest absolute Gasteiger partial charge is 0.261 e. The van der Waals surface area contributed by atoms with Crippen molar-refractivity contribution in [3.05, 3.63) is 41.3 Å². The van der Waals surface area contributed by atoms with Crippen LogP contribution in [0, 0.1) is 0 Å². The Morgan fingerprint density at radius 2 is 2.00 bits per heavy atom. The average molecular weight is 255 g/mol. The van der Waals surface area contributed by atoms with Gasteiger partial charge in [0.25, 0.3) is 10.0 Å². The van der Waals surface area contributed by atoms with Crippen LogP contribution in [0.4, 0.5) is 0 Å². The first kappa shape index (κ1) is 11.2. The van der Waals surface area contributed by atoms with Crippen LogP contribution in [0.15, 0.2) is 40.7 Å². The second-order valence-corrected chi connectivity index (χ2v) is 5.38. The van der Waals surface area contributed by atoms with E-state index in [4.69, 9.17) is 0 Å². The minimum absolute atomic E-state index is 0.0339. The van der Waals surface area contributed by atoms with E-state index in [2.05, 4.69) is 14.3 Å². The van der Waals surface area contributed by atoms with E-state index in [9.17, 15) is 8.42 Å². The van der Waals surface area contributed by atoms with E-state index in [-0.39, 0.29) is 11.6 Å². The van der Waals surface area contributed by atoms with Crippen molar-refractivity contribution in [1.82, 2.24) is 14.3 Å². The van der Waals surface area contributed by atoms with Gasteiger partial charge in [0, 0.05) is 6.54 Å². The highest BCUT2D eigenvalue weighted by Crippen LogP contribution is 2.07. The van der Waals surface area contributed by atoms with Gasteiger partial charge in [-0.2, -0.15) is 0 Å². The van der Waals surface area contributed by atoms with Crippen molar-refractivity contribution in [2.75, 3.05) is 0 Å². The zero-order chi connectivity index (χ0) is 11.4. The van der Waals surface area contributed by atoms with Crippen molar-refractivity contribution in [3.8, 4) is 0 Å². The fraction of sp³-hybridized carbons (Fsp3) is 0.111. The monoisotopic (exact) mass is 255 g/mol. The highest BCUT2D eigenvalue weighted by atomic mass is 32.2. The van der Waals surface area contributed by atoms with Crippen LogP contribution in [0.5, 0.6) is 0 Å². The molecular formula is C9H9N3O2S2. The highest BCUT2D eigenvalue weighted by Gasteiger charge is 2.16. The molecule has 0 amide bonds. The number of hydrogen-bond donors (Lipinski definition) is 1. The molecule has 16 heavy (non-hydrogen) atoms. The summed E-state index contributed by atoms with van der Waals surface area (Å²) in [5.41, 5.74) is 0.897. The van der Waals surface area contributed by atoms with Crippen LogP contribution in [-0.4, -0.2) is 18.0 Å². The fourth-order valence-electron chi connectivity index (χ4n) is 1.12. The van der Waals surface area contributed by atoms with Gasteiger partial charge in [-0.25, -0.2) is 13.1 Å². The molecule has 0 saturated carbocycles. The number of hydrogen-bond acceptors (Lipinski definition) is 5. The molecule has 7 heteroatoms. The molecule has 5 nitrogen and oxygen atoms in total. The first-order valence-corrected chi connectivity index (χ1v) is 6.81. The molecule has 1 aromatic carbocycles. The van der Waals surface area contributed by atoms with Gasteiger partial charge in [0.2, 0.25) is 5.03 Å². The van der Waals surface area contributed by atoms with Gasteiger partial charge in [-0.05, 0) is 17.1 Å². The van der Waals surface area contributed by atoms with Crippen LogP contribution >= 0.6 is 11.5 Å². The lowest BCUT2D eigenvalue weighted by Crippen LogP contribution is -2.23. The Labute approximate surface area is 97.4 Å². The Morgan fingerprint density at radius 1 is 1.25 bits per heavy atom. The highest BCUT2D eigenvalue weighted by molar-refractivity contribution is 7.89. The second-order valence-electron chi connectivity index (χ2n) is 3.05. The molecule has 0 atom stereocenters. The zero-order valence-corrected chi connectivity index (χ0v) is 9.83. The van der Waals surface area contributed by atoms with Crippen molar-refractivity contribution >= 4 is 21.6 Å². The van der Waals surface area contributed by atoms with E-state index in [1.807, 2.05) is 30.3 Å². The smallest absolute Gasteiger partial charge is 0.205 e. The molecule has 0 bridgehead atoms. The summed E-state index contributed by atoms with van der Waals surface area (Å²) in [6.45, 7) is 0.251. The van der Waals surface area contributed by atoms with E-state index in [1.54, 1.807) is 0 Å². The molecule has 1 N–H and O–H groups in total. The van der Waals surface area contributed by atoms with E-state index in [1.165, 1.54) is 5.38 Å². The molecule has 0 aliphatic rings. The van der Waals surface area contributed by atoms with Gasteiger partial charge in [0.15, 0.2) is 0 Å². The normalized spacial score (nSPS) is 11.5. The molecule has 0 fully saturated rings. The quantitative estimate of drug-likeness (QED) is 0.885. The third kappa shape index (κ3) is 2.63. The molecule has 1 heterocycles. The van der Waals surface area contributed by atoms with E-state index >= 15 is 0 Å². The summed E-state index contributed by atoms with van der Waals surface area (Å²) in [7, 11) is -3.53. The summed E-state index contributed by atoms with van der Waals surface area (Å²) in [5, 5.41) is 4.88. The topological polar surface area (TPSA) is 72.0 Å². The molecule has 0 saturated heterocycles. The van der Waals surface area contributed by atoms with Crippen LogP contribution in [0.2, 0.25) is 0 Å². The predicted octanol–water partition coefficient (Wildman–Crippen LogP) is 1.02. The molecule has 0 unspecified atom stereocenters. The van der Waals surface area contributed by atoms with Crippen LogP contribution < -0.4 is 4.72 Å². The zero-order valence-electron chi connectivity index (χ0n) is 8.20. The third-order valence-corrected chi connectivity index (χ3v) is 3.85. The van der Waals surface area contributed by atoms with Crippen molar-refractivity contribution in [2.24, 2.45) is 0 Å². The summed E-state index contributed by atoms with van der Waals surface area (Å²) in [4.78, 5) is 0. The van der Waals surface area contributed by atoms with Crippen LogP contribution in [0.25, 0.3) is 0 Å². The van der Waals surface area contributed by atoms with Crippen LogP contribution in [0.3, 0.4) is 0 Å². The number of benzene rings is 1. The molecule has 84 valence electrons. The Balaban J connectivity index is 2.07. The van der Waals surface area contributed by atoms with Crippen molar-refractivity contribution in [1.29, 1.82) is 0 Å². The minimum atomic E-state index is -3.53. The Morgan fingerprint density at radius 3 is 2.62 bits per heavy atom. The molecule has 0 radical (unpaired) electrons. The molecular weight excluding hydrogens is 246 g/mol. The summed E-state index contributed by atoms with van der Waals surface area (Å²) in [6, 6.07) is 9.29. The van der Waals surface area contributed by atoms with Gasteiger partial charge < -0.3 is 0 Å². The standard InChI is InChI=1S/C9H9N3O2S2/c13-16(14,9-7-15-12-11-9)10-6-8-4-2-1-3-5-8/h1-5,7,10H,6H2. The maximum absolute atomic E-state index is 11.7. The van der Waals surface area contributed by atoms with Crippen LogP contribution in [-0.2, 0) is 16.6 Å². The van der Waals surface area contributed by atoms with Crippen molar-refractivity contribution in [2.45, 2.75) is 11.6 Å². The Hall–Kier alpha value is -1.31. The minimum Gasteiger partial charge on any atom is -0.205 e. The Bertz CT molecular complexity index is 537. The lowest BCUT2D eigenvalue weighted by atomic mass is 10.2. The summed E-state index contributed by atoms with van der Waals surface area (Å²) < 4.78 is 29.3. The average Bonchev–Trinajstić information content (AvgIpc) is 2.82. The SMILES string of the molecule is O=S(=O)(NCc1ccccc1)c1csnn1. The van der Waals surface area contributed by atoms with Crippen molar-refractivity contribution < 1.29 is 8.42 Å². The van der Waals surface area contributed by atoms with E-state index < -0.39 is 10.0 Å². The first-order valence-electron chi connectivity index (χ1n) is 4.49. The number of sulfonamides is 1. The maximum atomic E-state index is 11.7. The van der Waals surface area contributed by atoms with E-state index in [0.29, 0.717) is 0 Å².